The molecule has 0 aliphatic carbocycles. The number of pyridine rings is 1. The van der Waals surface area contributed by atoms with Crippen molar-refractivity contribution in [3.63, 3.8) is 0 Å². The van der Waals surface area contributed by atoms with Gasteiger partial charge in [0.2, 0.25) is 0 Å². The van der Waals surface area contributed by atoms with Gasteiger partial charge in [-0.25, -0.2) is 0 Å². The first-order chi connectivity index (χ1) is 6.77. The molecule has 0 unspecified atom stereocenters. The van der Waals surface area contributed by atoms with Crippen molar-refractivity contribution in [3.05, 3.63) is 30.7 Å². The number of fused-ring (bicyclic) bond motifs is 3. The second kappa shape index (κ2) is 3.73. The Morgan fingerprint density at radius 2 is 2.07 bits per heavy atom. The Morgan fingerprint density at radius 1 is 1.27 bits per heavy atom. The molecule has 0 saturated heterocycles. The van der Waals surface area contributed by atoms with E-state index in [4.69, 9.17) is 0 Å². The van der Waals surface area contributed by atoms with Crippen LogP contribution < -0.4 is 0 Å². The molecule has 0 aliphatic heterocycles. The molecule has 3 rings (SSSR count). The molecule has 1 radical (unpaired) electrons. The summed E-state index contributed by atoms with van der Waals surface area (Å²) in [6.07, 6.45) is 5.85. The van der Waals surface area contributed by atoms with Crippen molar-refractivity contribution < 1.29 is 32.7 Å². The standard InChI is InChI=1S/C11H10N3.Y/c1-13-5-3-8-7-12-11-9(10(8)13)4-6-14(11)2;/h4-7H,1-2H3;/q-1;. The zero-order valence-electron chi connectivity index (χ0n) is 8.73. The summed E-state index contributed by atoms with van der Waals surface area (Å²) in [4.78, 5) is 4.40. The monoisotopic (exact) mass is 273 g/mol. The normalized spacial score (nSPS) is 10.8. The van der Waals surface area contributed by atoms with Gasteiger partial charge in [0.15, 0.2) is 0 Å². The largest absolute Gasteiger partial charge is 0.413 e. The first-order valence-corrected chi connectivity index (χ1v) is 4.54. The molecule has 4 heteroatoms. The zero-order chi connectivity index (χ0) is 9.71. The third kappa shape index (κ3) is 1.45. The molecule has 3 aromatic heterocycles. The summed E-state index contributed by atoms with van der Waals surface area (Å²) in [6.45, 7) is 0. The van der Waals surface area contributed by atoms with E-state index in [0.29, 0.717) is 0 Å². The smallest absolute Gasteiger partial charge is 0.116 e. The fourth-order valence-corrected chi connectivity index (χ4v) is 1.92. The van der Waals surface area contributed by atoms with Gasteiger partial charge in [0.1, 0.15) is 5.65 Å². The molecule has 0 spiro atoms. The Balaban J connectivity index is 0.000000853. The van der Waals surface area contributed by atoms with Gasteiger partial charge in [-0.1, -0.05) is 17.9 Å². The van der Waals surface area contributed by atoms with Crippen molar-refractivity contribution in [2.24, 2.45) is 14.1 Å². The van der Waals surface area contributed by atoms with Crippen molar-refractivity contribution in [3.8, 4) is 0 Å². The summed E-state index contributed by atoms with van der Waals surface area (Å²) >= 11 is 0. The molecular formula is C11H10N3Y-. The van der Waals surface area contributed by atoms with Crippen LogP contribution in [-0.4, -0.2) is 14.1 Å². The Morgan fingerprint density at radius 3 is 2.87 bits per heavy atom. The SMILES string of the molecule is Cn1ccc2c1ncc1[c-]cn(C)c12.[Y]. The van der Waals surface area contributed by atoms with E-state index in [0.717, 1.165) is 11.0 Å². The van der Waals surface area contributed by atoms with E-state index in [9.17, 15) is 0 Å². The predicted molar refractivity (Wildman–Crippen MR) is 56.0 cm³/mol. The van der Waals surface area contributed by atoms with Crippen LogP contribution >= 0.6 is 0 Å². The minimum Gasteiger partial charge on any atom is -0.413 e. The maximum absolute atomic E-state index is 4.40. The average molecular weight is 273 g/mol. The van der Waals surface area contributed by atoms with Crippen LogP contribution in [0.5, 0.6) is 0 Å². The second-order valence-corrected chi connectivity index (χ2v) is 3.57. The van der Waals surface area contributed by atoms with Crippen LogP contribution in [0, 0.1) is 6.07 Å². The predicted octanol–water partition coefficient (Wildman–Crippen LogP) is 1.86. The van der Waals surface area contributed by atoms with Crippen LogP contribution in [0.3, 0.4) is 0 Å². The van der Waals surface area contributed by atoms with E-state index >= 15 is 0 Å². The molecule has 3 heterocycles. The summed E-state index contributed by atoms with van der Waals surface area (Å²) in [5.74, 6) is 0. The third-order valence-corrected chi connectivity index (χ3v) is 2.63. The van der Waals surface area contributed by atoms with Crippen LogP contribution in [0.4, 0.5) is 0 Å². The minimum atomic E-state index is 0. The molecule has 73 valence electrons. The molecule has 3 nitrogen and oxygen atoms in total. The zero-order valence-corrected chi connectivity index (χ0v) is 11.6. The molecule has 0 atom stereocenters. The third-order valence-electron chi connectivity index (χ3n) is 2.63. The molecule has 3 aromatic rings. The minimum absolute atomic E-state index is 0. The van der Waals surface area contributed by atoms with E-state index in [1.807, 2.05) is 37.3 Å². The molecule has 0 saturated carbocycles. The van der Waals surface area contributed by atoms with Crippen molar-refractivity contribution in [1.82, 2.24) is 14.1 Å². The van der Waals surface area contributed by atoms with Crippen LogP contribution in [0.25, 0.3) is 21.9 Å². The van der Waals surface area contributed by atoms with Gasteiger partial charge < -0.3 is 14.1 Å². The average Bonchev–Trinajstić information content (AvgIpc) is 2.72. The number of aromatic nitrogens is 3. The summed E-state index contributed by atoms with van der Waals surface area (Å²) in [5.41, 5.74) is 2.23. The van der Waals surface area contributed by atoms with Gasteiger partial charge in [-0.3, -0.25) is 0 Å². The summed E-state index contributed by atoms with van der Waals surface area (Å²) < 4.78 is 4.11. The summed E-state index contributed by atoms with van der Waals surface area (Å²) in [7, 11) is 4.04. The van der Waals surface area contributed by atoms with Crippen LogP contribution in [0.15, 0.2) is 24.7 Å². The van der Waals surface area contributed by atoms with Crippen LogP contribution in [0.1, 0.15) is 0 Å². The Hall–Kier alpha value is -0.666. The number of nitrogens with zero attached hydrogens (tertiary/aromatic N) is 3. The summed E-state index contributed by atoms with van der Waals surface area (Å²) in [6, 6.07) is 5.28. The fourth-order valence-electron chi connectivity index (χ4n) is 1.92. The Bertz CT molecular complexity index is 621. The summed E-state index contributed by atoms with van der Waals surface area (Å²) in [5, 5.41) is 2.26. The molecule has 0 fully saturated rings. The first kappa shape index (κ1) is 10.8. The second-order valence-electron chi connectivity index (χ2n) is 3.57. The molecule has 0 bridgehead atoms. The molecule has 0 N–H and O–H groups in total. The van der Waals surface area contributed by atoms with Crippen molar-refractivity contribution in [2.45, 2.75) is 0 Å². The number of hydrogen-bond acceptors (Lipinski definition) is 1. The van der Waals surface area contributed by atoms with Gasteiger partial charge in [0.05, 0.1) is 0 Å². The Kier molecular flexibility index (Phi) is 2.69. The number of rotatable bonds is 0. The number of hydrogen-bond donors (Lipinski definition) is 0. The topological polar surface area (TPSA) is 22.8 Å². The molecule has 15 heavy (non-hydrogen) atoms. The van der Waals surface area contributed by atoms with E-state index < -0.39 is 0 Å². The van der Waals surface area contributed by atoms with Gasteiger partial charge in [0.25, 0.3) is 0 Å². The first-order valence-electron chi connectivity index (χ1n) is 4.54. The molecular weight excluding hydrogens is 263 g/mol. The number of aryl methyl sites for hydroxylation is 2. The maximum Gasteiger partial charge on any atom is 0.116 e. The molecule has 0 amide bonds. The van der Waals surface area contributed by atoms with E-state index in [-0.39, 0.29) is 32.7 Å². The van der Waals surface area contributed by atoms with Gasteiger partial charge in [0, 0.05) is 46.0 Å². The quantitative estimate of drug-likeness (QED) is 0.573. The van der Waals surface area contributed by atoms with E-state index in [2.05, 4.69) is 21.7 Å². The molecule has 0 aliphatic rings. The van der Waals surface area contributed by atoms with Crippen LogP contribution in [-0.2, 0) is 46.8 Å². The van der Waals surface area contributed by atoms with Crippen LogP contribution in [0.2, 0.25) is 0 Å². The fraction of sp³-hybridized carbons (Fsp3) is 0.182. The molecule has 0 aromatic carbocycles. The van der Waals surface area contributed by atoms with Gasteiger partial charge in [-0.2, -0.15) is 6.07 Å². The van der Waals surface area contributed by atoms with Crippen molar-refractivity contribution in [1.29, 1.82) is 0 Å². The van der Waals surface area contributed by atoms with E-state index in [1.54, 1.807) is 0 Å². The van der Waals surface area contributed by atoms with Gasteiger partial charge >= 0.3 is 0 Å². The Labute approximate surface area is 113 Å². The van der Waals surface area contributed by atoms with Gasteiger partial charge in [-0.15, -0.1) is 5.39 Å². The van der Waals surface area contributed by atoms with Crippen molar-refractivity contribution >= 4 is 21.9 Å². The van der Waals surface area contributed by atoms with Crippen molar-refractivity contribution in [2.75, 3.05) is 0 Å². The maximum atomic E-state index is 4.40. The van der Waals surface area contributed by atoms with E-state index in [1.165, 1.54) is 10.9 Å². The van der Waals surface area contributed by atoms with Gasteiger partial charge in [-0.05, 0) is 18.5 Å².